The first kappa shape index (κ1) is 131. The van der Waals surface area contributed by atoms with Crippen LogP contribution in [0.2, 0.25) is 0 Å². The molecule has 0 bridgehead atoms. The maximum absolute atomic E-state index is 4.88. The minimum atomic E-state index is 0. The molecule has 15 nitrogen and oxygen atoms in total. The quantitative estimate of drug-likeness (QED) is 0.0940. The van der Waals surface area contributed by atoms with Crippen molar-refractivity contribution in [2.24, 2.45) is 44.9 Å². The van der Waals surface area contributed by atoms with E-state index in [1.165, 1.54) is 87.3 Å². The Morgan fingerprint density at radius 3 is 1.30 bits per heavy atom. The summed E-state index contributed by atoms with van der Waals surface area (Å²) in [6.07, 6.45) is 36.0. The van der Waals surface area contributed by atoms with Crippen molar-refractivity contribution in [1.82, 2.24) is 29.9 Å². The Morgan fingerprint density at radius 2 is 0.768 bits per heavy atom. The van der Waals surface area contributed by atoms with Gasteiger partial charge in [0.15, 0.2) is 5.82 Å². The Hall–Kier alpha value is -12.6. The third-order valence-corrected chi connectivity index (χ3v) is 18.6. The largest absolute Gasteiger partial charge is 0.461 e. The molecule has 5 aromatic heterocycles. The van der Waals surface area contributed by atoms with Crippen LogP contribution in [0, 0.1) is 19.1 Å². The number of hydrogen-bond acceptors (Lipinski definition) is 15. The molecule has 0 unspecified atom stereocenters. The number of hydrogen-bond donors (Lipinski definition) is 0. The van der Waals surface area contributed by atoms with Gasteiger partial charge in [-0.15, -0.1) is 5.82 Å². The number of fused-ring (bicyclic) bond motifs is 13. The van der Waals surface area contributed by atoms with Crippen LogP contribution in [0.15, 0.2) is 374 Å². The first-order valence-corrected chi connectivity index (χ1v) is 50.3. The van der Waals surface area contributed by atoms with Crippen LogP contribution in [-0.4, -0.2) is 86.7 Å². The maximum atomic E-state index is 4.88. The van der Waals surface area contributed by atoms with Crippen LogP contribution in [0.3, 0.4) is 0 Å². The number of pyridine rings is 4. The zero-order valence-electron chi connectivity index (χ0n) is 89.3. The maximum Gasteiger partial charge on any atom is 0.173 e. The summed E-state index contributed by atoms with van der Waals surface area (Å²) in [7, 11) is 0. The van der Waals surface area contributed by atoms with Crippen LogP contribution in [-0.2, 0) is 117 Å². The molecule has 24 rings (SSSR count). The molecular weight excluding hydrogens is 1890 g/mol. The SMILES string of the molecule is C1=NCc2ccccc21.C1=Nc2c(ccc3ccccc23)C1.C1=Nc2ccccc2C1.C1=Nc2cccnc2C1.C1=Nc2ccncc2C1.C1=Nc2cnccc2C1.C1=Nc2nccnc2C1.C1=c2ccccc2=NC1.CC.CC.CC.CC.CC.CC.CC.CC.CC.CC.CC.CC.[CH-]=Nc1[c-]cccn1.[CH2-]Cc1[c-]cccc1.[Y].[Y].c1ccc2cc3ccccc3cc2c1.c1ccc2ccccc2c1. The molecular formula is C125H155N15Y2-4. The fourth-order valence-corrected chi connectivity index (χ4v) is 12.6. The van der Waals surface area contributed by atoms with Gasteiger partial charge in [-0.1, -0.05) is 373 Å². The third kappa shape index (κ3) is 48.7. The van der Waals surface area contributed by atoms with Crippen molar-refractivity contribution in [1.29, 1.82) is 0 Å². The minimum absolute atomic E-state index is 0. The number of benzene rings is 11. The third-order valence-electron chi connectivity index (χ3n) is 18.6. The molecule has 8 aliphatic heterocycles. The predicted molar refractivity (Wildman–Crippen MR) is 618 cm³/mol. The van der Waals surface area contributed by atoms with Crippen molar-refractivity contribution < 1.29 is 65.4 Å². The van der Waals surface area contributed by atoms with Crippen molar-refractivity contribution in [3.05, 3.63) is 409 Å². The van der Waals surface area contributed by atoms with Crippen LogP contribution in [0.1, 0.15) is 217 Å². The molecule has 0 saturated heterocycles. The summed E-state index contributed by atoms with van der Waals surface area (Å²) in [5, 5.41) is 12.8. The fraction of sp³-hybridized carbons (Fsp3) is 0.264. The Labute approximate surface area is 904 Å². The summed E-state index contributed by atoms with van der Waals surface area (Å²) in [6.45, 7) is 58.3. The van der Waals surface area contributed by atoms with E-state index in [-0.39, 0.29) is 65.4 Å². The second-order valence-electron chi connectivity index (χ2n) is 26.4. The van der Waals surface area contributed by atoms with E-state index < -0.39 is 0 Å². The summed E-state index contributed by atoms with van der Waals surface area (Å²) in [5.41, 5.74) is 16.5. The number of aromatic nitrogens is 6. The second-order valence-corrected chi connectivity index (χ2v) is 26.4. The monoisotopic (exact) mass is 2040 g/mol. The second kappa shape index (κ2) is 88.5. The molecule has 8 aliphatic rings. The molecule has 0 saturated carbocycles. The zero-order chi connectivity index (χ0) is 103. The number of aliphatic imine (C=N–C) groups is 8. The Balaban J connectivity index is 0. The Bertz CT molecular complexity index is 5660. The van der Waals surface area contributed by atoms with Gasteiger partial charge >= 0.3 is 0 Å². The number of nitrogens with zero attached hydrogens (tertiary/aromatic N) is 15. The van der Waals surface area contributed by atoms with E-state index in [1.807, 2.05) is 313 Å². The molecule has 0 atom stereocenters. The van der Waals surface area contributed by atoms with Gasteiger partial charge in [0.1, 0.15) is 0 Å². The molecule has 13 heterocycles. The van der Waals surface area contributed by atoms with Crippen molar-refractivity contribution in [2.75, 3.05) is 6.54 Å². The molecule has 2 radical (unpaired) electrons. The van der Waals surface area contributed by atoms with Crippen LogP contribution < -0.4 is 10.6 Å². The van der Waals surface area contributed by atoms with Gasteiger partial charge in [0.25, 0.3) is 0 Å². The minimum Gasteiger partial charge on any atom is -0.461 e. The summed E-state index contributed by atoms with van der Waals surface area (Å²) < 4.78 is 0. The van der Waals surface area contributed by atoms with Crippen molar-refractivity contribution in [2.45, 2.75) is 218 Å². The van der Waals surface area contributed by atoms with E-state index in [2.05, 4.69) is 270 Å². The summed E-state index contributed by atoms with van der Waals surface area (Å²) in [5.74, 6) is 1.21. The molecule has 16 aromatic rings. The molecule has 740 valence electrons. The summed E-state index contributed by atoms with van der Waals surface area (Å²) in [4.78, 5) is 60.5. The standard InChI is InChI=1S/C14H10.C12H9N.C10H8.3C8H7N.C8H8.3C7H6N2.C6H5N3.C6H4N2.12C2H6.2Y/c1-2-6-12-10-14-8-4-3-7-13(14)9-11(12)5-1;1-2-4-11-9(3-1)5-6-10-7-8-13-12(10)11;1-2-6-10-8-4-3-7-9(10)5-1;1-2-4-8-6-9-5-7(8)3-1;2*1-2-4-8-7(3-1)5-6-9-8;1-2-8-6-4-3-5-7-8;1-4-9-7-2-3-8-5-6(1)7;1-3-8-5-7-6(1)2-4-9-7;1-2-6-7(8-4-1)3-5-9-6;1-2-8-6-5(1)7-3-4-9-6;1-7-6-4-2-3-5-8-6;12*1-2;;/h1-10H;1-6,8H,7H2;1-8H;1-5H,6H2;1-4,6H,5H2;1-5H,6H2;3-6H,1-2H2;2-5H,1H2;1,3-5H,2H2;1-2,4-5H,3H2;2-4H,1H2;1-3,5H;12*1-2H3;;/q;;;;;;-2;;;;;-2;;;;;;;;;;;;;;. The molecule has 142 heavy (non-hydrogen) atoms. The van der Waals surface area contributed by atoms with Gasteiger partial charge in [0, 0.05) is 196 Å². The van der Waals surface area contributed by atoms with Crippen molar-refractivity contribution >= 4 is 139 Å². The van der Waals surface area contributed by atoms with Crippen molar-refractivity contribution in [3.63, 3.8) is 0 Å². The molecule has 0 N–H and O–H groups in total. The molecule has 0 spiro atoms. The normalized spacial score (nSPS) is 10.6. The van der Waals surface area contributed by atoms with Gasteiger partial charge < -0.3 is 23.0 Å². The first-order valence-electron chi connectivity index (χ1n) is 50.3. The van der Waals surface area contributed by atoms with Crippen LogP contribution in [0.25, 0.3) is 49.2 Å². The number of para-hydroxylation sites is 2. The Morgan fingerprint density at radius 1 is 0.324 bits per heavy atom. The average molecular weight is 2050 g/mol. The zero-order valence-corrected chi connectivity index (χ0v) is 95.0. The Kier molecular flexibility index (Phi) is 81.9. The number of rotatable bonds is 2. The molecule has 0 aliphatic carbocycles. The first-order chi connectivity index (χ1) is 69.5. The van der Waals surface area contributed by atoms with Crippen LogP contribution >= 0.6 is 0 Å². The van der Waals surface area contributed by atoms with E-state index >= 15 is 0 Å². The summed E-state index contributed by atoms with van der Waals surface area (Å²) in [6, 6.07) is 100. The van der Waals surface area contributed by atoms with Gasteiger partial charge in [-0.05, 0) is 119 Å². The van der Waals surface area contributed by atoms with E-state index in [9.17, 15) is 0 Å². The van der Waals surface area contributed by atoms with E-state index in [0.717, 1.165) is 109 Å². The molecule has 0 fully saturated rings. The van der Waals surface area contributed by atoms with Gasteiger partial charge in [-0.2, -0.15) is 55.1 Å². The van der Waals surface area contributed by atoms with Crippen LogP contribution in [0.4, 0.5) is 40.1 Å². The van der Waals surface area contributed by atoms with E-state index in [1.54, 1.807) is 55.5 Å². The van der Waals surface area contributed by atoms with E-state index in [0.29, 0.717) is 5.82 Å². The van der Waals surface area contributed by atoms with Crippen molar-refractivity contribution in [3.8, 4) is 0 Å². The van der Waals surface area contributed by atoms with Crippen LogP contribution in [0.5, 0.6) is 0 Å². The predicted octanol–water partition coefficient (Wildman–Crippen LogP) is 33.6. The van der Waals surface area contributed by atoms with Gasteiger partial charge in [0.2, 0.25) is 0 Å². The van der Waals surface area contributed by atoms with Gasteiger partial charge in [0.05, 0.1) is 64.5 Å². The topological polar surface area (TPSA) is 189 Å². The van der Waals surface area contributed by atoms with Gasteiger partial charge in [-0.25, -0.2) is 16.0 Å². The average Bonchev–Trinajstić information content (AvgIpc) is 1.50. The molecule has 11 aromatic carbocycles. The molecule has 0 amide bonds. The summed E-state index contributed by atoms with van der Waals surface area (Å²) >= 11 is 0. The smallest absolute Gasteiger partial charge is 0.173 e. The molecule has 17 heteroatoms. The van der Waals surface area contributed by atoms with E-state index in [4.69, 9.17) is 6.72 Å². The fourth-order valence-electron chi connectivity index (χ4n) is 12.6. The van der Waals surface area contributed by atoms with Gasteiger partial charge in [-0.3, -0.25) is 54.9 Å².